The lowest BCUT2D eigenvalue weighted by Gasteiger charge is -2.26. The lowest BCUT2D eigenvalue weighted by Crippen LogP contribution is -2.44. The van der Waals surface area contributed by atoms with Gasteiger partial charge in [0.25, 0.3) is 0 Å². The third-order valence-electron chi connectivity index (χ3n) is 5.08. The van der Waals surface area contributed by atoms with Gasteiger partial charge in [0.15, 0.2) is 5.96 Å². The normalized spacial score (nSPS) is 15.0. The van der Waals surface area contributed by atoms with Crippen LogP contribution in [0.25, 0.3) is 0 Å². The minimum absolute atomic E-state index is 0. The Morgan fingerprint density at radius 1 is 1.10 bits per heavy atom. The van der Waals surface area contributed by atoms with Crippen LogP contribution in [0.3, 0.4) is 0 Å². The van der Waals surface area contributed by atoms with Crippen LogP contribution in [0.4, 0.5) is 0 Å². The highest BCUT2D eigenvalue weighted by molar-refractivity contribution is 14.0. The quantitative estimate of drug-likeness (QED) is 0.245. The summed E-state index contributed by atoms with van der Waals surface area (Å²) in [7, 11) is 0. The van der Waals surface area contributed by atoms with Crippen molar-refractivity contribution in [2.75, 3.05) is 72.2 Å². The molecule has 1 aromatic rings. The zero-order chi connectivity index (χ0) is 20.7. The van der Waals surface area contributed by atoms with Crippen molar-refractivity contribution in [2.45, 2.75) is 27.3 Å². The summed E-state index contributed by atoms with van der Waals surface area (Å²) in [5, 5.41) is 6.74. The van der Waals surface area contributed by atoms with Gasteiger partial charge >= 0.3 is 0 Å². The number of hydrogen-bond acceptors (Lipinski definition) is 5. The molecular weight excluding hydrogens is 493 g/mol. The molecule has 172 valence electrons. The van der Waals surface area contributed by atoms with Crippen LogP contribution in [0.2, 0.25) is 0 Å². The molecule has 8 heteroatoms. The number of guanidine groups is 1. The van der Waals surface area contributed by atoms with Gasteiger partial charge in [-0.2, -0.15) is 0 Å². The number of nitrogens with zero attached hydrogens (tertiary/aromatic N) is 3. The summed E-state index contributed by atoms with van der Waals surface area (Å²) in [6.07, 6.45) is 0. The van der Waals surface area contributed by atoms with E-state index in [9.17, 15) is 0 Å². The van der Waals surface area contributed by atoms with Crippen LogP contribution in [0.15, 0.2) is 29.3 Å². The first kappa shape index (κ1) is 26.9. The first-order valence-electron chi connectivity index (χ1n) is 11.0. The third-order valence-corrected chi connectivity index (χ3v) is 5.08. The Bertz CT molecular complexity index is 575. The molecule has 1 aromatic carbocycles. The predicted octanol–water partition coefficient (Wildman–Crippen LogP) is 2.41. The van der Waals surface area contributed by atoms with Gasteiger partial charge in [0.2, 0.25) is 0 Å². The second kappa shape index (κ2) is 16.6. The van der Waals surface area contributed by atoms with Crippen LogP contribution >= 0.6 is 24.0 Å². The zero-order valence-corrected chi connectivity index (χ0v) is 21.2. The zero-order valence-electron chi connectivity index (χ0n) is 18.9. The van der Waals surface area contributed by atoms with E-state index in [1.165, 1.54) is 5.56 Å². The Balaban J connectivity index is 0.00000450. The van der Waals surface area contributed by atoms with Gasteiger partial charge in [-0.15, -0.1) is 24.0 Å². The molecule has 1 aliphatic heterocycles. The molecule has 1 heterocycles. The average Bonchev–Trinajstić information content (AvgIpc) is 2.76. The van der Waals surface area contributed by atoms with Gasteiger partial charge in [-0.3, -0.25) is 4.90 Å². The SMILES string of the molecule is CCNC(=NCc1ccc(OCCN(CC)CC)cc1)NCCN1CCOCC1.I. The molecule has 1 fully saturated rings. The Labute approximate surface area is 199 Å². The number of aliphatic imine (C=N–C) groups is 1. The van der Waals surface area contributed by atoms with Crippen molar-refractivity contribution in [3.05, 3.63) is 29.8 Å². The molecule has 0 unspecified atom stereocenters. The first-order chi connectivity index (χ1) is 14.2. The van der Waals surface area contributed by atoms with Crippen molar-refractivity contribution >= 4 is 29.9 Å². The molecular formula is C22H40IN5O2. The van der Waals surface area contributed by atoms with E-state index in [-0.39, 0.29) is 24.0 Å². The number of halogens is 1. The van der Waals surface area contributed by atoms with Crippen molar-refractivity contribution < 1.29 is 9.47 Å². The molecule has 1 aliphatic rings. The Morgan fingerprint density at radius 2 is 1.80 bits per heavy atom. The number of likely N-dealkylation sites (N-methyl/N-ethyl adjacent to an activating group) is 1. The van der Waals surface area contributed by atoms with Crippen LogP contribution in [0.1, 0.15) is 26.3 Å². The average molecular weight is 533 g/mol. The highest BCUT2D eigenvalue weighted by atomic mass is 127. The smallest absolute Gasteiger partial charge is 0.191 e. The van der Waals surface area contributed by atoms with E-state index in [1.54, 1.807) is 0 Å². The molecule has 0 radical (unpaired) electrons. The maximum atomic E-state index is 5.85. The summed E-state index contributed by atoms with van der Waals surface area (Å²) in [4.78, 5) is 9.48. The molecule has 0 atom stereocenters. The topological polar surface area (TPSA) is 61.4 Å². The van der Waals surface area contributed by atoms with Crippen LogP contribution in [-0.4, -0.2) is 87.9 Å². The Kier molecular flexibility index (Phi) is 14.9. The number of morpholine rings is 1. The van der Waals surface area contributed by atoms with Gasteiger partial charge in [-0.1, -0.05) is 26.0 Å². The lowest BCUT2D eigenvalue weighted by atomic mass is 10.2. The third kappa shape index (κ3) is 10.8. The molecule has 7 nitrogen and oxygen atoms in total. The summed E-state index contributed by atoms with van der Waals surface area (Å²) >= 11 is 0. The number of benzene rings is 1. The monoisotopic (exact) mass is 533 g/mol. The standard InChI is InChI=1S/C22H39N5O2.HI/c1-4-23-22(24-11-12-27-13-16-28-17-14-27)25-19-20-7-9-21(10-8-20)29-18-15-26(5-2)6-3;/h7-10H,4-6,11-19H2,1-3H3,(H2,23,24,25);1H. The molecule has 0 bridgehead atoms. The number of hydrogen-bond donors (Lipinski definition) is 2. The van der Waals surface area contributed by atoms with Crippen molar-refractivity contribution in [2.24, 2.45) is 4.99 Å². The molecule has 1 saturated heterocycles. The van der Waals surface area contributed by atoms with Crippen molar-refractivity contribution in [3.63, 3.8) is 0 Å². The predicted molar refractivity (Wildman–Crippen MR) is 135 cm³/mol. The summed E-state index contributed by atoms with van der Waals surface area (Å²) in [6, 6.07) is 8.25. The second-order valence-electron chi connectivity index (χ2n) is 7.10. The fourth-order valence-electron chi connectivity index (χ4n) is 3.19. The summed E-state index contributed by atoms with van der Waals surface area (Å²) in [6.45, 7) is 17.3. The molecule has 0 aromatic heterocycles. The van der Waals surface area contributed by atoms with E-state index in [1.807, 2.05) is 12.1 Å². The highest BCUT2D eigenvalue weighted by Gasteiger charge is 2.09. The Morgan fingerprint density at radius 3 is 2.43 bits per heavy atom. The largest absolute Gasteiger partial charge is 0.492 e. The van der Waals surface area contributed by atoms with Gasteiger partial charge < -0.3 is 25.0 Å². The van der Waals surface area contributed by atoms with Crippen LogP contribution in [0, 0.1) is 0 Å². The minimum atomic E-state index is 0. The van der Waals surface area contributed by atoms with E-state index in [2.05, 4.69) is 53.3 Å². The van der Waals surface area contributed by atoms with Gasteiger partial charge in [0.1, 0.15) is 12.4 Å². The number of ether oxygens (including phenoxy) is 2. The van der Waals surface area contributed by atoms with Crippen molar-refractivity contribution in [1.82, 2.24) is 20.4 Å². The van der Waals surface area contributed by atoms with E-state index < -0.39 is 0 Å². The van der Waals surface area contributed by atoms with Gasteiger partial charge in [-0.25, -0.2) is 4.99 Å². The van der Waals surface area contributed by atoms with Gasteiger partial charge in [0, 0.05) is 39.3 Å². The highest BCUT2D eigenvalue weighted by Crippen LogP contribution is 2.13. The van der Waals surface area contributed by atoms with E-state index in [0.29, 0.717) is 6.54 Å². The molecule has 2 N–H and O–H groups in total. The Hall–Kier alpha value is -1.10. The number of nitrogens with one attached hydrogen (secondary N) is 2. The van der Waals surface area contributed by atoms with E-state index >= 15 is 0 Å². The molecule has 2 rings (SSSR count). The van der Waals surface area contributed by atoms with Gasteiger partial charge in [-0.05, 0) is 37.7 Å². The first-order valence-corrected chi connectivity index (χ1v) is 11.0. The maximum Gasteiger partial charge on any atom is 0.191 e. The summed E-state index contributed by atoms with van der Waals surface area (Å²) in [5.74, 6) is 1.78. The van der Waals surface area contributed by atoms with Crippen molar-refractivity contribution in [3.8, 4) is 5.75 Å². The summed E-state index contributed by atoms with van der Waals surface area (Å²) < 4.78 is 11.2. The fourth-order valence-corrected chi connectivity index (χ4v) is 3.19. The molecule has 0 amide bonds. The van der Waals surface area contributed by atoms with Crippen LogP contribution in [-0.2, 0) is 11.3 Å². The molecule has 0 aliphatic carbocycles. The number of rotatable bonds is 12. The van der Waals surface area contributed by atoms with Crippen LogP contribution in [0.5, 0.6) is 5.75 Å². The molecule has 0 saturated carbocycles. The fraction of sp³-hybridized carbons (Fsp3) is 0.682. The molecule has 30 heavy (non-hydrogen) atoms. The summed E-state index contributed by atoms with van der Waals surface area (Å²) in [5.41, 5.74) is 1.17. The van der Waals surface area contributed by atoms with E-state index in [4.69, 9.17) is 14.5 Å². The van der Waals surface area contributed by atoms with Crippen LogP contribution < -0.4 is 15.4 Å². The minimum Gasteiger partial charge on any atom is -0.492 e. The molecule has 0 spiro atoms. The van der Waals surface area contributed by atoms with Gasteiger partial charge in [0.05, 0.1) is 19.8 Å². The second-order valence-corrected chi connectivity index (χ2v) is 7.10. The maximum absolute atomic E-state index is 5.85. The lowest BCUT2D eigenvalue weighted by molar-refractivity contribution is 0.0389. The van der Waals surface area contributed by atoms with Crippen molar-refractivity contribution in [1.29, 1.82) is 0 Å². The van der Waals surface area contributed by atoms with E-state index in [0.717, 1.165) is 83.9 Å².